The second-order valence-electron chi connectivity index (χ2n) is 4.00. The van der Waals surface area contributed by atoms with E-state index in [-0.39, 0.29) is 6.04 Å². The molecule has 1 heterocycles. The first kappa shape index (κ1) is 10.2. The molecule has 1 unspecified atom stereocenters. The van der Waals surface area contributed by atoms with Crippen molar-refractivity contribution >= 4 is 0 Å². The Bertz CT molecular complexity index is 525. The molecule has 0 saturated carbocycles. The van der Waals surface area contributed by atoms with Crippen LogP contribution in [0.15, 0.2) is 48.5 Å². The number of hydrogen-bond donors (Lipinski definition) is 1. The zero-order valence-electron chi connectivity index (χ0n) is 9.30. The van der Waals surface area contributed by atoms with Gasteiger partial charge in [-0.1, -0.05) is 36.4 Å². The van der Waals surface area contributed by atoms with E-state index >= 15 is 0 Å². The van der Waals surface area contributed by atoms with E-state index in [1.165, 1.54) is 0 Å². The predicted octanol–water partition coefficient (Wildman–Crippen LogP) is 2.46. The first-order valence-electron chi connectivity index (χ1n) is 5.54. The van der Waals surface area contributed by atoms with Gasteiger partial charge in [0.1, 0.15) is 0 Å². The zero-order valence-corrected chi connectivity index (χ0v) is 9.30. The molecule has 0 aromatic heterocycles. The van der Waals surface area contributed by atoms with Crippen molar-refractivity contribution in [3.63, 3.8) is 0 Å². The molecule has 1 aliphatic rings. The number of ether oxygens (including phenoxy) is 2. The fourth-order valence-electron chi connectivity index (χ4n) is 1.96. The van der Waals surface area contributed by atoms with Gasteiger partial charge in [0, 0.05) is 0 Å². The smallest absolute Gasteiger partial charge is 0.231 e. The van der Waals surface area contributed by atoms with Crippen LogP contribution in [0.5, 0.6) is 11.5 Å². The summed E-state index contributed by atoms with van der Waals surface area (Å²) in [4.78, 5) is 0. The lowest BCUT2D eigenvalue weighted by molar-refractivity contribution is 0.174. The maximum Gasteiger partial charge on any atom is 0.231 e. The van der Waals surface area contributed by atoms with Crippen LogP contribution in [0.25, 0.3) is 0 Å². The van der Waals surface area contributed by atoms with Crippen LogP contribution in [0, 0.1) is 0 Å². The fraction of sp³-hybridized carbons (Fsp3) is 0.143. The molecular formula is C14H13NO2. The fourth-order valence-corrected chi connectivity index (χ4v) is 1.96. The number of nitrogens with two attached hydrogens (primary N) is 1. The molecule has 0 amide bonds. The number of fused-ring (bicyclic) bond motifs is 1. The molecule has 2 aromatic carbocycles. The highest BCUT2D eigenvalue weighted by molar-refractivity contribution is 5.46. The average Bonchev–Trinajstić information content (AvgIpc) is 2.86. The molecule has 3 rings (SSSR count). The van der Waals surface area contributed by atoms with Crippen molar-refractivity contribution in [1.29, 1.82) is 0 Å². The maximum atomic E-state index is 6.21. The summed E-state index contributed by atoms with van der Waals surface area (Å²) in [5, 5.41) is 0. The Morgan fingerprint density at radius 3 is 2.47 bits per heavy atom. The molecule has 86 valence electrons. The summed E-state index contributed by atoms with van der Waals surface area (Å²) < 4.78 is 10.6. The van der Waals surface area contributed by atoms with E-state index in [1.54, 1.807) is 0 Å². The summed E-state index contributed by atoms with van der Waals surface area (Å²) in [5.41, 5.74) is 8.33. The van der Waals surface area contributed by atoms with Gasteiger partial charge in [-0.05, 0) is 23.3 Å². The molecule has 17 heavy (non-hydrogen) atoms. The third kappa shape index (κ3) is 1.85. The monoisotopic (exact) mass is 227 g/mol. The second kappa shape index (κ2) is 4.11. The maximum absolute atomic E-state index is 6.21. The summed E-state index contributed by atoms with van der Waals surface area (Å²) in [6.45, 7) is 0.291. The largest absolute Gasteiger partial charge is 0.454 e. The molecule has 3 heteroatoms. The molecule has 2 aromatic rings. The van der Waals surface area contributed by atoms with Gasteiger partial charge >= 0.3 is 0 Å². The number of benzene rings is 2. The highest BCUT2D eigenvalue weighted by Crippen LogP contribution is 2.34. The van der Waals surface area contributed by atoms with Crippen molar-refractivity contribution in [3.05, 3.63) is 59.7 Å². The Morgan fingerprint density at radius 2 is 1.65 bits per heavy atom. The third-order valence-corrected chi connectivity index (χ3v) is 2.91. The molecular weight excluding hydrogens is 214 g/mol. The van der Waals surface area contributed by atoms with Gasteiger partial charge < -0.3 is 15.2 Å². The minimum atomic E-state index is -0.134. The molecule has 2 N–H and O–H groups in total. The van der Waals surface area contributed by atoms with Crippen LogP contribution in [-0.4, -0.2) is 6.79 Å². The van der Waals surface area contributed by atoms with Gasteiger partial charge in [0.2, 0.25) is 6.79 Å². The van der Waals surface area contributed by atoms with Crippen LogP contribution in [0.4, 0.5) is 0 Å². The first-order valence-corrected chi connectivity index (χ1v) is 5.54. The molecule has 0 bridgehead atoms. The summed E-state index contributed by atoms with van der Waals surface area (Å²) in [6, 6.07) is 15.7. The Morgan fingerprint density at radius 1 is 0.882 bits per heavy atom. The topological polar surface area (TPSA) is 44.5 Å². The second-order valence-corrected chi connectivity index (χ2v) is 4.00. The van der Waals surface area contributed by atoms with Gasteiger partial charge in [-0.3, -0.25) is 0 Å². The molecule has 1 aliphatic heterocycles. The highest BCUT2D eigenvalue weighted by atomic mass is 16.7. The van der Waals surface area contributed by atoms with Crippen molar-refractivity contribution < 1.29 is 9.47 Å². The van der Waals surface area contributed by atoms with E-state index in [4.69, 9.17) is 15.2 Å². The summed E-state index contributed by atoms with van der Waals surface area (Å²) in [7, 11) is 0. The molecule has 1 atom stereocenters. The average molecular weight is 227 g/mol. The van der Waals surface area contributed by atoms with E-state index in [0.717, 1.165) is 22.6 Å². The van der Waals surface area contributed by atoms with Gasteiger partial charge in [-0.15, -0.1) is 0 Å². The highest BCUT2D eigenvalue weighted by Gasteiger charge is 2.16. The van der Waals surface area contributed by atoms with Gasteiger partial charge in [0.15, 0.2) is 11.5 Å². The van der Waals surface area contributed by atoms with Gasteiger partial charge in [-0.25, -0.2) is 0 Å². The lowest BCUT2D eigenvalue weighted by Crippen LogP contribution is -2.11. The molecule has 0 saturated heterocycles. The lowest BCUT2D eigenvalue weighted by Gasteiger charge is -2.12. The van der Waals surface area contributed by atoms with Crippen LogP contribution in [0.2, 0.25) is 0 Å². The predicted molar refractivity (Wildman–Crippen MR) is 65.0 cm³/mol. The molecule has 0 radical (unpaired) electrons. The van der Waals surface area contributed by atoms with Crippen molar-refractivity contribution in [3.8, 4) is 11.5 Å². The summed E-state index contributed by atoms with van der Waals surface area (Å²) >= 11 is 0. The number of rotatable bonds is 2. The van der Waals surface area contributed by atoms with E-state index < -0.39 is 0 Å². The minimum absolute atomic E-state index is 0.134. The standard InChI is InChI=1S/C14H13NO2/c15-14(10-4-2-1-3-5-10)11-6-7-12-13(8-11)17-9-16-12/h1-8,14H,9,15H2. The molecule has 0 spiro atoms. The summed E-state index contributed by atoms with van der Waals surface area (Å²) in [5.74, 6) is 1.56. The van der Waals surface area contributed by atoms with Crippen LogP contribution in [0.1, 0.15) is 17.2 Å². The van der Waals surface area contributed by atoms with Gasteiger partial charge in [0.05, 0.1) is 6.04 Å². The zero-order chi connectivity index (χ0) is 11.7. The van der Waals surface area contributed by atoms with Crippen LogP contribution >= 0.6 is 0 Å². The Labute approximate surface area is 99.8 Å². The van der Waals surface area contributed by atoms with Crippen molar-refractivity contribution in [2.75, 3.05) is 6.79 Å². The Hall–Kier alpha value is -2.00. The van der Waals surface area contributed by atoms with Crippen LogP contribution in [-0.2, 0) is 0 Å². The van der Waals surface area contributed by atoms with E-state index in [0.29, 0.717) is 6.79 Å². The third-order valence-electron chi connectivity index (χ3n) is 2.91. The molecule has 0 aliphatic carbocycles. The lowest BCUT2D eigenvalue weighted by atomic mass is 9.99. The van der Waals surface area contributed by atoms with E-state index in [2.05, 4.69) is 0 Å². The molecule has 0 fully saturated rings. The van der Waals surface area contributed by atoms with E-state index in [1.807, 2.05) is 48.5 Å². The van der Waals surface area contributed by atoms with Crippen LogP contribution in [0.3, 0.4) is 0 Å². The Kier molecular flexibility index (Phi) is 2.46. The molecule has 3 nitrogen and oxygen atoms in total. The quantitative estimate of drug-likeness (QED) is 0.857. The van der Waals surface area contributed by atoms with Crippen LogP contribution < -0.4 is 15.2 Å². The van der Waals surface area contributed by atoms with Crippen molar-refractivity contribution in [1.82, 2.24) is 0 Å². The van der Waals surface area contributed by atoms with Crippen molar-refractivity contribution in [2.24, 2.45) is 5.73 Å². The van der Waals surface area contributed by atoms with Gasteiger partial charge in [-0.2, -0.15) is 0 Å². The minimum Gasteiger partial charge on any atom is -0.454 e. The van der Waals surface area contributed by atoms with E-state index in [9.17, 15) is 0 Å². The van der Waals surface area contributed by atoms with Gasteiger partial charge in [0.25, 0.3) is 0 Å². The Balaban J connectivity index is 1.94. The summed E-state index contributed by atoms with van der Waals surface area (Å²) in [6.07, 6.45) is 0. The normalized spacial score (nSPS) is 14.6. The number of hydrogen-bond acceptors (Lipinski definition) is 3. The first-order chi connectivity index (χ1) is 8.34. The SMILES string of the molecule is NC(c1ccccc1)c1ccc2c(c1)OCO2. The van der Waals surface area contributed by atoms with Crippen molar-refractivity contribution in [2.45, 2.75) is 6.04 Å².